The van der Waals surface area contributed by atoms with Gasteiger partial charge in [0.05, 0.1) is 11.4 Å². The average Bonchev–Trinajstić information content (AvgIpc) is 2.51. The molecule has 0 aliphatic rings. The van der Waals surface area contributed by atoms with E-state index in [-0.39, 0.29) is 11.8 Å². The van der Waals surface area contributed by atoms with Gasteiger partial charge < -0.3 is 16.8 Å². The van der Waals surface area contributed by atoms with Crippen LogP contribution < -0.4 is 16.8 Å². The fourth-order valence-electron chi connectivity index (χ4n) is 1.69. The Labute approximate surface area is 101 Å². The van der Waals surface area contributed by atoms with E-state index in [1.54, 1.807) is 4.68 Å². The van der Waals surface area contributed by atoms with Gasteiger partial charge in [0.25, 0.3) is 0 Å². The van der Waals surface area contributed by atoms with E-state index in [1.165, 1.54) is 0 Å². The predicted octanol–water partition coefficient (Wildman–Crippen LogP) is 0.715. The van der Waals surface area contributed by atoms with E-state index in [2.05, 4.69) is 10.4 Å². The molecule has 0 spiro atoms. The molecule has 1 aromatic rings. The smallest absolute Gasteiger partial charge is 0.240 e. The van der Waals surface area contributed by atoms with Crippen LogP contribution in [0.3, 0.4) is 0 Å². The van der Waals surface area contributed by atoms with E-state index in [0.717, 1.165) is 5.69 Å². The normalized spacial score (nSPS) is 12.8. The van der Waals surface area contributed by atoms with Gasteiger partial charge in [0.2, 0.25) is 5.91 Å². The summed E-state index contributed by atoms with van der Waals surface area (Å²) in [5.41, 5.74) is 12.6. The highest BCUT2D eigenvalue weighted by Crippen LogP contribution is 2.24. The minimum atomic E-state index is -0.446. The molecule has 6 nitrogen and oxygen atoms in total. The highest BCUT2D eigenvalue weighted by atomic mass is 16.1. The van der Waals surface area contributed by atoms with Crippen LogP contribution in [0.1, 0.15) is 26.5 Å². The Morgan fingerprint density at radius 3 is 2.53 bits per heavy atom. The lowest BCUT2D eigenvalue weighted by Gasteiger charge is -2.20. The molecule has 96 valence electrons. The van der Waals surface area contributed by atoms with Crippen LogP contribution in [0.4, 0.5) is 11.5 Å². The molecule has 0 fully saturated rings. The number of nitrogens with one attached hydrogen (secondary N) is 1. The molecule has 1 unspecified atom stereocenters. The van der Waals surface area contributed by atoms with E-state index in [4.69, 9.17) is 11.5 Å². The number of primary amides is 1. The van der Waals surface area contributed by atoms with Crippen molar-refractivity contribution in [2.45, 2.75) is 40.3 Å². The largest absolute Gasteiger partial charge is 0.394 e. The summed E-state index contributed by atoms with van der Waals surface area (Å²) in [6, 6.07) is -0.446. The predicted molar refractivity (Wildman–Crippen MR) is 68.5 cm³/mol. The van der Waals surface area contributed by atoms with Gasteiger partial charge in [-0.3, -0.25) is 4.79 Å². The van der Waals surface area contributed by atoms with Gasteiger partial charge in [-0.1, -0.05) is 13.8 Å². The Hall–Kier alpha value is -1.72. The van der Waals surface area contributed by atoms with Gasteiger partial charge in [0.1, 0.15) is 11.9 Å². The van der Waals surface area contributed by atoms with Crippen LogP contribution in [-0.4, -0.2) is 21.7 Å². The molecule has 1 rings (SSSR count). The molecule has 6 heteroatoms. The second kappa shape index (κ2) is 5.07. The van der Waals surface area contributed by atoms with Gasteiger partial charge in [0, 0.05) is 6.54 Å². The van der Waals surface area contributed by atoms with Crippen molar-refractivity contribution in [2.24, 2.45) is 11.7 Å². The van der Waals surface area contributed by atoms with Crippen LogP contribution in [0.15, 0.2) is 0 Å². The molecule has 1 amide bonds. The maximum atomic E-state index is 11.4. The third-order valence-electron chi connectivity index (χ3n) is 2.74. The molecule has 17 heavy (non-hydrogen) atoms. The first-order valence-corrected chi connectivity index (χ1v) is 5.77. The molecule has 5 N–H and O–H groups in total. The number of hydrogen-bond acceptors (Lipinski definition) is 4. The summed E-state index contributed by atoms with van der Waals surface area (Å²) in [5, 5.41) is 7.36. The molecule has 0 saturated heterocycles. The zero-order valence-electron chi connectivity index (χ0n) is 10.8. The van der Waals surface area contributed by atoms with Crippen LogP contribution >= 0.6 is 0 Å². The molecule has 0 aliphatic carbocycles. The Balaban J connectivity index is 3.04. The average molecular weight is 239 g/mol. The fourth-order valence-corrected chi connectivity index (χ4v) is 1.69. The minimum Gasteiger partial charge on any atom is -0.394 e. The van der Waals surface area contributed by atoms with Crippen LogP contribution in [-0.2, 0) is 11.3 Å². The molecule has 0 aliphatic heterocycles. The first-order valence-electron chi connectivity index (χ1n) is 5.77. The number of carbonyl (C=O) groups excluding carboxylic acids is 1. The summed E-state index contributed by atoms with van der Waals surface area (Å²) in [4.78, 5) is 11.4. The standard InChI is InChI=1S/C11H21N5O/c1-5-16-11(8(12)7(4)15-16)14-9(6(2)3)10(13)17/h6,9,14H,5,12H2,1-4H3,(H2,13,17). The third kappa shape index (κ3) is 2.69. The number of rotatable bonds is 5. The number of anilines is 2. The second-order valence-corrected chi connectivity index (χ2v) is 4.43. The van der Waals surface area contributed by atoms with Crippen LogP contribution in [0.25, 0.3) is 0 Å². The van der Waals surface area contributed by atoms with Crippen molar-refractivity contribution in [3.05, 3.63) is 5.69 Å². The molecule has 0 aromatic carbocycles. The molecule has 1 atom stereocenters. The Bertz CT molecular complexity index is 410. The van der Waals surface area contributed by atoms with Crippen molar-refractivity contribution in [3.63, 3.8) is 0 Å². The maximum Gasteiger partial charge on any atom is 0.240 e. The molecular formula is C11H21N5O. The van der Waals surface area contributed by atoms with Crippen LogP contribution in [0.2, 0.25) is 0 Å². The SMILES string of the molecule is CCn1nc(C)c(N)c1NC(C(N)=O)C(C)C. The van der Waals surface area contributed by atoms with Crippen molar-refractivity contribution in [3.8, 4) is 0 Å². The lowest BCUT2D eigenvalue weighted by molar-refractivity contribution is -0.119. The molecular weight excluding hydrogens is 218 g/mol. The summed E-state index contributed by atoms with van der Waals surface area (Å²) < 4.78 is 1.74. The van der Waals surface area contributed by atoms with E-state index < -0.39 is 6.04 Å². The van der Waals surface area contributed by atoms with Gasteiger partial charge in [0.15, 0.2) is 0 Å². The Morgan fingerprint density at radius 2 is 2.12 bits per heavy atom. The molecule has 1 aromatic heterocycles. The first-order chi connectivity index (χ1) is 7.88. The van der Waals surface area contributed by atoms with Crippen molar-refractivity contribution >= 4 is 17.4 Å². The lowest BCUT2D eigenvalue weighted by Crippen LogP contribution is -2.40. The van der Waals surface area contributed by atoms with Crippen molar-refractivity contribution in [1.82, 2.24) is 9.78 Å². The number of amides is 1. The van der Waals surface area contributed by atoms with Gasteiger partial charge in [-0.15, -0.1) is 0 Å². The van der Waals surface area contributed by atoms with Gasteiger partial charge >= 0.3 is 0 Å². The summed E-state index contributed by atoms with van der Waals surface area (Å²) in [7, 11) is 0. The van der Waals surface area contributed by atoms with E-state index >= 15 is 0 Å². The Kier molecular flexibility index (Phi) is 3.98. The molecule has 0 saturated carbocycles. The Morgan fingerprint density at radius 1 is 1.53 bits per heavy atom. The minimum absolute atomic E-state index is 0.0902. The first kappa shape index (κ1) is 13.3. The number of hydrogen-bond donors (Lipinski definition) is 3. The van der Waals surface area contributed by atoms with Crippen LogP contribution in [0.5, 0.6) is 0 Å². The van der Waals surface area contributed by atoms with E-state index in [1.807, 2.05) is 27.7 Å². The third-order valence-corrected chi connectivity index (χ3v) is 2.74. The lowest BCUT2D eigenvalue weighted by atomic mass is 10.0. The summed E-state index contributed by atoms with van der Waals surface area (Å²) in [6.07, 6.45) is 0. The molecule has 0 bridgehead atoms. The van der Waals surface area contributed by atoms with Crippen molar-refractivity contribution < 1.29 is 4.79 Å². The monoisotopic (exact) mass is 239 g/mol. The number of nitrogens with zero attached hydrogens (tertiary/aromatic N) is 2. The highest BCUT2D eigenvalue weighted by Gasteiger charge is 2.22. The highest BCUT2D eigenvalue weighted by molar-refractivity contribution is 5.84. The second-order valence-electron chi connectivity index (χ2n) is 4.43. The molecule has 1 heterocycles. The number of aryl methyl sites for hydroxylation is 2. The summed E-state index contributed by atoms with van der Waals surface area (Å²) in [5.74, 6) is 0.371. The van der Waals surface area contributed by atoms with Crippen molar-refractivity contribution in [1.29, 1.82) is 0 Å². The number of carbonyl (C=O) groups is 1. The van der Waals surface area contributed by atoms with Gasteiger partial charge in [-0.2, -0.15) is 5.10 Å². The fraction of sp³-hybridized carbons (Fsp3) is 0.636. The number of nitrogen functional groups attached to an aromatic ring is 1. The van der Waals surface area contributed by atoms with E-state index in [9.17, 15) is 4.79 Å². The quantitative estimate of drug-likeness (QED) is 0.704. The zero-order chi connectivity index (χ0) is 13.2. The van der Waals surface area contributed by atoms with Crippen molar-refractivity contribution in [2.75, 3.05) is 11.1 Å². The molecule has 0 radical (unpaired) electrons. The maximum absolute atomic E-state index is 11.4. The number of nitrogens with two attached hydrogens (primary N) is 2. The summed E-state index contributed by atoms with van der Waals surface area (Å²) in [6.45, 7) is 8.34. The van der Waals surface area contributed by atoms with Gasteiger partial charge in [-0.25, -0.2) is 4.68 Å². The topological polar surface area (TPSA) is 99.0 Å². The number of aromatic nitrogens is 2. The van der Waals surface area contributed by atoms with Crippen LogP contribution in [0, 0.1) is 12.8 Å². The summed E-state index contributed by atoms with van der Waals surface area (Å²) >= 11 is 0. The van der Waals surface area contributed by atoms with E-state index in [0.29, 0.717) is 18.1 Å². The van der Waals surface area contributed by atoms with Gasteiger partial charge in [-0.05, 0) is 19.8 Å². The zero-order valence-corrected chi connectivity index (χ0v) is 10.8.